The highest BCUT2D eigenvalue weighted by molar-refractivity contribution is 5.96. The van der Waals surface area contributed by atoms with Gasteiger partial charge in [-0.2, -0.15) is 5.10 Å². The largest absolute Gasteiger partial charge is 0.477 e. The van der Waals surface area contributed by atoms with Crippen LogP contribution in [0.1, 0.15) is 23.0 Å². The Morgan fingerprint density at radius 3 is 1.97 bits per heavy atom. The van der Waals surface area contributed by atoms with Crippen LogP contribution in [0.3, 0.4) is 0 Å². The van der Waals surface area contributed by atoms with E-state index in [2.05, 4.69) is 51.4 Å². The first-order valence-corrected chi connectivity index (χ1v) is 10.8. The third-order valence-corrected chi connectivity index (χ3v) is 5.59. The number of carboxylic acid groups (broad SMARTS) is 1. The third-order valence-electron chi connectivity index (χ3n) is 5.59. The van der Waals surface area contributed by atoms with Crippen LogP contribution in [-0.2, 0) is 6.42 Å². The standard InChI is InChI=1S/C27H22N4O2/c1-2-23-25(27(32)33)26-28-18-17-24(31(26)29-23)19-13-15-22(16-14-19)30(20-9-5-3-6-10-20)21-11-7-4-8-12-21/h3-18H,2H2,1H3,(H,32,33). The number of fused-ring (bicyclic) bond motifs is 1. The number of carbonyl (C=O) groups is 1. The van der Waals surface area contributed by atoms with Gasteiger partial charge in [-0.05, 0) is 48.9 Å². The highest BCUT2D eigenvalue weighted by Crippen LogP contribution is 2.35. The molecule has 5 aromatic rings. The summed E-state index contributed by atoms with van der Waals surface area (Å²) in [5.41, 5.74) is 5.91. The molecule has 6 nitrogen and oxygen atoms in total. The van der Waals surface area contributed by atoms with Gasteiger partial charge in [0.05, 0.1) is 11.4 Å². The lowest BCUT2D eigenvalue weighted by Gasteiger charge is -2.25. The molecule has 6 heteroatoms. The molecule has 0 aliphatic rings. The molecule has 0 aliphatic carbocycles. The van der Waals surface area contributed by atoms with E-state index in [0.717, 1.165) is 28.3 Å². The summed E-state index contributed by atoms with van der Waals surface area (Å²) in [5, 5.41) is 14.2. The van der Waals surface area contributed by atoms with Crippen LogP contribution in [0.15, 0.2) is 97.2 Å². The van der Waals surface area contributed by atoms with Crippen molar-refractivity contribution in [2.45, 2.75) is 13.3 Å². The molecule has 162 valence electrons. The zero-order valence-electron chi connectivity index (χ0n) is 18.1. The van der Waals surface area contributed by atoms with E-state index in [1.54, 1.807) is 10.7 Å². The molecule has 0 atom stereocenters. The minimum absolute atomic E-state index is 0.162. The molecule has 0 spiro atoms. The fourth-order valence-electron chi connectivity index (χ4n) is 4.06. The summed E-state index contributed by atoms with van der Waals surface area (Å²) in [5.74, 6) is -1.01. The molecule has 3 aromatic carbocycles. The van der Waals surface area contributed by atoms with Crippen LogP contribution in [0.25, 0.3) is 16.9 Å². The van der Waals surface area contributed by atoms with E-state index in [0.29, 0.717) is 17.8 Å². The van der Waals surface area contributed by atoms with Gasteiger partial charge >= 0.3 is 5.97 Å². The molecule has 0 amide bonds. The zero-order chi connectivity index (χ0) is 22.8. The SMILES string of the molecule is CCc1nn2c(-c3ccc(N(c4ccccc4)c4ccccc4)cc3)ccnc2c1C(=O)O. The number of aromatic carboxylic acids is 1. The van der Waals surface area contributed by atoms with Crippen molar-refractivity contribution in [2.24, 2.45) is 0 Å². The molecule has 0 unspecified atom stereocenters. The van der Waals surface area contributed by atoms with Crippen molar-refractivity contribution in [3.05, 3.63) is 108 Å². The van der Waals surface area contributed by atoms with E-state index in [4.69, 9.17) is 0 Å². The van der Waals surface area contributed by atoms with Gasteiger partial charge in [0.15, 0.2) is 5.65 Å². The van der Waals surface area contributed by atoms with Gasteiger partial charge in [-0.3, -0.25) is 0 Å². The summed E-state index contributed by atoms with van der Waals surface area (Å²) in [6, 6.07) is 30.4. The van der Waals surface area contributed by atoms with Gasteiger partial charge in [-0.1, -0.05) is 55.5 Å². The molecule has 2 heterocycles. The molecule has 0 saturated heterocycles. The second-order valence-electron chi connectivity index (χ2n) is 7.60. The maximum Gasteiger partial charge on any atom is 0.341 e. The first-order valence-electron chi connectivity index (χ1n) is 10.8. The van der Waals surface area contributed by atoms with E-state index in [9.17, 15) is 9.90 Å². The van der Waals surface area contributed by atoms with Gasteiger partial charge in [0.25, 0.3) is 0 Å². The van der Waals surface area contributed by atoms with Crippen LogP contribution in [0.5, 0.6) is 0 Å². The number of para-hydroxylation sites is 2. The van der Waals surface area contributed by atoms with Crippen molar-refractivity contribution in [3.8, 4) is 11.3 Å². The van der Waals surface area contributed by atoms with Gasteiger partial charge in [0.2, 0.25) is 0 Å². The Labute approximate surface area is 191 Å². The minimum atomic E-state index is -1.01. The summed E-state index contributed by atoms with van der Waals surface area (Å²) >= 11 is 0. The highest BCUT2D eigenvalue weighted by Gasteiger charge is 2.21. The van der Waals surface area contributed by atoms with Crippen molar-refractivity contribution >= 4 is 28.7 Å². The lowest BCUT2D eigenvalue weighted by atomic mass is 10.1. The smallest absolute Gasteiger partial charge is 0.341 e. The first-order chi connectivity index (χ1) is 16.2. The van der Waals surface area contributed by atoms with Crippen molar-refractivity contribution in [2.75, 3.05) is 4.90 Å². The van der Waals surface area contributed by atoms with Crippen molar-refractivity contribution in [1.82, 2.24) is 14.6 Å². The number of rotatable bonds is 6. The first kappa shape index (κ1) is 20.5. The van der Waals surface area contributed by atoms with Gasteiger partial charge in [-0.25, -0.2) is 14.3 Å². The molecule has 5 rings (SSSR count). The fraction of sp³-hybridized carbons (Fsp3) is 0.0741. The summed E-state index contributed by atoms with van der Waals surface area (Å²) in [7, 11) is 0. The van der Waals surface area contributed by atoms with Gasteiger partial charge in [0.1, 0.15) is 5.56 Å². The van der Waals surface area contributed by atoms with Crippen LogP contribution in [0.4, 0.5) is 17.1 Å². The lowest BCUT2D eigenvalue weighted by Crippen LogP contribution is -2.09. The van der Waals surface area contributed by atoms with Crippen LogP contribution >= 0.6 is 0 Å². The summed E-state index contributed by atoms with van der Waals surface area (Å²) in [4.78, 5) is 18.3. The average Bonchev–Trinajstić information content (AvgIpc) is 3.25. The van der Waals surface area contributed by atoms with Crippen LogP contribution < -0.4 is 4.90 Å². The lowest BCUT2D eigenvalue weighted by molar-refractivity contribution is 0.0697. The summed E-state index contributed by atoms with van der Waals surface area (Å²) in [6.45, 7) is 1.89. The molecule has 1 N–H and O–H groups in total. The summed E-state index contributed by atoms with van der Waals surface area (Å²) in [6.07, 6.45) is 2.15. The van der Waals surface area contributed by atoms with Crippen molar-refractivity contribution < 1.29 is 9.90 Å². The van der Waals surface area contributed by atoms with E-state index >= 15 is 0 Å². The zero-order valence-corrected chi connectivity index (χ0v) is 18.1. The number of hydrogen-bond acceptors (Lipinski definition) is 4. The Morgan fingerprint density at radius 2 is 1.42 bits per heavy atom. The minimum Gasteiger partial charge on any atom is -0.477 e. The van der Waals surface area contributed by atoms with E-state index in [-0.39, 0.29) is 5.56 Å². The number of anilines is 3. The van der Waals surface area contributed by atoms with E-state index in [1.807, 2.05) is 61.5 Å². The molecular weight excluding hydrogens is 412 g/mol. The van der Waals surface area contributed by atoms with Crippen molar-refractivity contribution in [1.29, 1.82) is 0 Å². The highest BCUT2D eigenvalue weighted by atomic mass is 16.4. The number of hydrogen-bond donors (Lipinski definition) is 1. The average molecular weight is 434 g/mol. The topological polar surface area (TPSA) is 70.7 Å². The van der Waals surface area contributed by atoms with E-state index < -0.39 is 5.97 Å². The maximum absolute atomic E-state index is 11.8. The Morgan fingerprint density at radius 1 is 0.848 bits per heavy atom. The Kier molecular flexibility index (Phi) is 5.32. The Hall–Kier alpha value is -4.45. The van der Waals surface area contributed by atoms with Crippen molar-refractivity contribution in [3.63, 3.8) is 0 Å². The van der Waals surface area contributed by atoms with Gasteiger partial charge < -0.3 is 10.0 Å². The van der Waals surface area contributed by atoms with Crippen LogP contribution in [0, 0.1) is 0 Å². The number of aryl methyl sites for hydroxylation is 1. The molecule has 0 bridgehead atoms. The molecule has 2 aromatic heterocycles. The number of nitrogens with zero attached hydrogens (tertiary/aromatic N) is 4. The normalized spacial score (nSPS) is 10.9. The molecule has 0 saturated carbocycles. The molecular formula is C27H22N4O2. The maximum atomic E-state index is 11.8. The summed E-state index contributed by atoms with van der Waals surface area (Å²) < 4.78 is 1.63. The predicted octanol–water partition coefficient (Wildman–Crippen LogP) is 6.13. The quantitative estimate of drug-likeness (QED) is 0.348. The predicted molar refractivity (Wildman–Crippen MR) is 129 cm³/mol. The van der Waals surface area contributed by atoms with E-state index in [1.165, 1.54) is 0 Å². The van der Waals surface area contributed by atoms with Crippen LogP contribution in [0.2, 0.25) is 0 Å². The second kappa shape index (κ2) is 8.59. The van der Waals surface area contributed by atoms with Gasteiger partial charge in [-0.15, -0.1) is 0 Å². The number of aromatic nitrogens is 3. The van der Waals surface area contributed by atoms with Crippen LogP contribution in [-0.4, -0.2) is 25.7 Å². The monoisotopic (exact) mass is 434 g/mol. The Bertz CT molecular complexity index is 1370. The number of benzene rings is 3. The molecule has 0 radical (unpaired) electrons. The number of carboxylic acids is 1. The second-order valence-corrected chi connectivity index (χ2v) is 7.60. The third kappa shape index (κ3) is 3.72. The molecule has 0 aliphatic heterocycles. The Balaban J connectivity index is 1.60. The molecule has 33 heavy (non-hydrogen) atoms. The van der Waals surface area contributed by atoms with Gasteiger partial charge in [0, 0.05) is 28.8 Å². The molecule has 0 fully saturated rings. The fourth-order valence-corrected chi connectivity index (χ4v) is 4.06.